The molecule has 1 amide bonds. The Hall–Kier alpha value is -3.70. The molecule has 1 aromatic carbocycles. The van der Waals surface area contributed by atoms with Crippen LogP contribution < -0.4 is 27.4 Å². The van der Waals surface area contributed by atoms with Gasteiger partial charge in [-0.1, -0.05) is 13.8 Å². The Bertz CT molecular complexity index is 1450. The molecule has 4 rings (SSSR count). The average Bonchev–Trinajstić information content (AvgIpc) is 2.83. The first-order valence-electron chi connectivity index (χ1n) is 13.8. The fourth-order valence-electron chi connectivity index (χ4n) is 7.34. The van der Waals surface area contributed by atoms with Crippen LogP contribution >= 0.6 is 0 Å². The summed E-state index contributed by atoms with van der Waals surface area (Å²) in [7, 11) is 6.45. The van der Waals surface area contributed by atoms with Crippen molar-refractivity contribution >= 4 is 34.7 Å². The standard InChI is InChI=1S/C29H39N7O6/c1-13(2)9-34-10-14-7-16(35(3)4)15-8-27(32)11-29(33)23(36(5)6)22(39)18(26(31)42)24(40)28(29,12-30)25(41)19(27)21(38)17(15)20(14)37/h7,13,18-19,23,34,37H,8-11,32-33H2,1-6H3,(H2,31,42)/t18?,19?,23-,27-,28+,29-/m1/s1. The SMILES string of the molecule is CC(C)CNCc1cc(N(C)C)c2c(c1O)C(=O)C1C(=O)[C@]3(C#N)C(=O)C(C(N)=O)C(=O)[C@@H](N(C)C)[C@]3(N)C[C@]1(N)C2. The van der Waals surface area contributed by atoms with Gasteiger partial charge >= 0.3 is 0 Å². The van der Waals surface area contributed by atoms with Crippen molar-refractivity contribution in [2.45, 2.75) is 50.4 Å². The summed E-state index contributed by atoms with van der Waals surface area (Å²) in [4.78, 5) is 71.6. The fraction of sp³-hybridized carbons (Fsp3) is 0.586. The molecule has 0 aliphatic heterocycles. The van der Waals surface area contributed by atoms with E-state index in [-0.39, 0.29) is 24.3 Å². The molecule has 2 saturated carbocycles. The number of rotatable bonds is 7. The van der Waals surface area contributed by atoms with Crippen LogP contribution in [0.5, 0.6) is 5.75 Å². The van der Waals surface area contributed by atoms with Crippen molar-refractivity contribution in [1.29, 1.82) is 5.26 Å². The number of nitrogens with one attached hydrogen (secondary N) is 1. The Morgan fingerprint density at radius 3 is 2.29 bits per heavy atom. The smallest absolute Gasteiger partial charge is 0.235 e. The van der Waals surface area contributed by atoms with Gasteiger partial charge < -0.3 is 32.5 Å². The number of primary amides is 1. The lowest BCUT2D eigenvalue weighted by atomic mass is 9.42. The highest BCUT2D eigenvalue weighted by atomic mass is 16.3. The van der Waals surface area contributed by atoms with Gasteiger partial charge in [-0.3, -0.25) is 28.9 Å². The van der Waals surface area contributed by atoms with E-state index in [1.807, 2.05) is 13.8 Å². The number of phenolic OH excluding ortho intramolecular Hbond substituents is 1. The number of nitrogens with zero attached hydrogens (tertiary/aromatic N) is 3. The molecule has 2 fully saturated rings. The molecule has 3 aliphatic carbocycles. The van der Waals surface area contributed by atoms with Crippen LogP contribution in [0.2, 0.25) is 0 Å². The summed E-state index contributed by atoms with van der Waals surface area (Å²) in [5.41, 5.74) is 13.8. The van der Waals surface area contributed by atoms with E-state index in [4.69, 9.17) is 17.2 Å². The number of aromatic hydroxyl groups is 1. The first kappa shape index (κ1) is 31.2. The summed E-state index contributed by atoms with van der Waals surface area (Å²) in [5.74, 6) is -9.52. The number of ketones is 4. The third-order valence-corrected chi connectivity index (χ3v) is 9.00. The van der Waals surface area contributed by atoms with E-state index in [1.165, 1.54) is 19.0 Å². The number of nitrogens with two attached hydrogens (primary N) is 3. The average molecular weight is 582 g/mol. The summed E-state index contributed by atoms with van der Waals surface area (Å²) < 4.78 is 0. The summed E-state index contributed by atoms with van der Waals surface area (Å²) >= 11 is 0. The van der Waals surface area contributed by atoms with Gasteiger partial charge in [0.15, 0.2) is 34.5 Å². The van der Waals surface area contributed by atoms with Crippen LogP contribution in [0.1, 0.15) is 41.8 Å². The van der Waals surface area contributed by atoms with E-state index in [0.717, 1.165) is 0 Å². The number of phenols is 1. The minimum atomic E-state index is -2.77. The zero-order valence-corrected chi connectivity index (χ0v) is 24.8. The predicted octanol–water partition coefficient (Wildman–Crippen LogP) is -1.38. The Morgan fingerprint density at radius 2 is 1.79 bits per heavy atom. The normalized spacial score (nSPS) is 32.4. The Balaban J connectivity index is 1.98. The molecular formula is C29H39N7O6. The molecule has 6 atom stereocenters. The quantitative estimate of drug-likeness (QED) is 0.235. The van der Waals surface area contributed by atoms with E-state index in [2.05, 4.69) is 5.32 Å². The molecule has 13 heteroatoms. The second-order valence-electron chi connectivity index (χ2n) is 12.8. The molecule has 0 heterocycles. The number of benzene rings is 1. The Morgan fingerprint density at radius 1 is 1.17 bits per heavy atom. The van der Waals surface area contributed by atoms with Gasteiger partial charge in [0.2, 0.25) is 5.91 Å². The fourth-order valence-corrected chi connectivity index (χ4v) is 7.34. The number of carbonyl (C=O) groups is 5. The van der Waals surface area contributed by atoms with Crippen LogP contribution in [0.25, 0.3) is 0 Å². The minimum Gasteiger partial charge on any atom is -0.507 e. The Labute approximate surface area is 244 Å². The molecule has 0 aromatic heterocycles. The van der Waals surface area contributed by atoms with Crippen molar-refractivity contribution in [1.82, 2.24) is 10.2 Å². The van der Waals surface area contributed by atoms with Crippen molar-refractivity contribution in [2.24, 2.45) is 40.4 Å². The maximum atomic E-state index is 14.5. The first-order valence-corrected chi connectivity index (χ1v) is 13.8. The van der Waals surface area contributed by atoms with Crippen LogP contribution in [-0.4, -0.2) is 90.9 Å². The predicted molar refractivity (Wildman–Crippen MR) is 152 cm³/mol. The zero-order chi connectivity index (χ0) is 31.7. The van der Waals surface area contributed by atoms with E-state index in [1.54, 1.807) is 31.1 Å². The molecule has 42 heavy (non-hydrogen) atoms. The van der Waals surface area contributed by atoms with Gasteiger partial charge in [-0.2, -0.15) is 5.26 Å². The highest BCUT2D eigenvalue weighted by Gasteiger charge is 2.78. The summed E-state index contributed by atoms with van der Waals surface area (Å²) in [5, 5.41) is 25.1. The summed E-state index contributed by atoms with van der Waals surface area (Å²) in [6.07, 6.45) is -0.570. The summed E-state index contributed by atoms with van der Waals surface area (Å²) in [6.45, 7) is 4.93. The van der Waals surface area contributed by atoms with Gasteiger partial charge in [0.05, 0.1) is 23.2 Å². The molecule has 2 unspecified atom stereocenters. The van der Waals surface area contributed by atoms with Crippen LogP contribution in [0.15, 0.2) is 6.07 Å². The van der Waals surface area contributed by atoms with Gasteiger partial charge in [0.25, 0.3) is 0 Å². The van der Waals surface area contributed by atoms with E-state index >= 15 is 0 Å². The van der Waals surface area contributed by atoms with Gasteiger partial charge in [-0.05, 0) is 51.0 Å². The largest absolute Gasteiger partial charge is 0.507 e. The number of likely N-dealkylation sites (N-methyl/N-ethyl adjacent to an activating group) is 1. The molecule has 13 nitrogen and oxygen atoms in total. The van der Waals surface area contributed by atoms with Gasteiger partial charge in [-0.15, -0.1) is 0 Å². The molecule has 0 spiro atoms. The van der Waals surface area contributed by atoms with E-state index in [0.29, 0.717) is 29.3 Å². The number of amides is 1. The van der Waals surface area contributed by atoms with Crippen molar-refractivity contribution in [3.63, 3.8) is 0 Å². The van der Waals surface area contributed by atoms with E-state index < -0.39 is 69.8 Å². The zero-order valence-electron chi connectivity index (χ0n) is 24.8. The lowest BCUT2D eigenvalue weighted by Gasteiger charge is -2.60. The number of anilines is 1. The number of carbonyl (C=O) groups excluding carboxylic acids is 5. The van der Waals surface area contributed by atoms with Crippen LogP contribution in [0.3, 0.4) is 0 Å². The molecule has 8 N–H and O–H groups in total. The van der Waals surface area contributed by atoms with Crippen LogP contribution in [0.4, 0.5) is 5.69 Å². The molecule has 1 aromatic rings. The molecule has 226 valence electrons. The first-order chi connectivity index (χ1) is 19.4. The van der Waals surface area contributed by atoms with Crippen molar-refractivity contribution in [2.75, 3.05) is 39.6 Å². The third-order valence-electron chi connectivity index (χ3n) is 9.00. The number of nitriles is 1. The second kappa shape index (κ2) is 10.2. The minimum absolute atomic E-state index is 0.116. The number of hydrogen-bond acceptors (Lipinski definition) is 12. The van der Waals surface area contributed by atoms with Gasteiger partial charge in [0.1, 0.15) is 11.7 Å². The van der Waals surface area contributed by atoms with Gasteiger partial charge in [-0.25, -0.2) is 0 Å². The highest BCUT2D eigenvalue weighted by molar-refractivity contribution is 6.33. The highest BCUT2D eigenvalue weighted by Crippen LogP contribution is 2.57. The van der Waals surface area contributed by atoms with Crippen molar-refractivity contribution in [3.8, 4) is 11.8 Å². The van der Waals surface area contributed by atoms with E-state index in [9.17, 15) is 34.3 Å². The van der Waals surface area contributed by atoms with Crippen LogP contribution in [-0.2, 0) is 32.1 Å². The number of hydrogen-bond donors (Lipinski definition) is 5. The molecule has 0 radical (unpaired) electrons. The molecule has 3 aliphatic rings. The van der Waals surface area contributed by atoms with Crippen LogP contribution in [0, 0.1) is 34.5 Å². The third kappa shape index (κ3) is 4.08. The monoisotopic (exact) mass is 581 g/mol. The van der Waals surface area contributed by atoms with Crippen molar-refractivity contribution in [3.05, 3.63) is 22.8 Å². The van der Waals surface area contributed by atoms with Crippen molar-refractivity contribution < 1.29 is 29.1 Å². The lowest BCUT2D eigenvalue weighted by molar-refractivity contribution is -0.166. The number of Topliss-reactive ketones (excluding diaryl/α,β-unsaturated/α-hetero) is 4. The summed E-state index contributed by atoms with van der Waals surface area (Å²) in [6, 6.07) is 2.02. The molecule has 0 saturated heterocycles. The molecular weight excluding hydrogens is 542 g/mol. The Kier molecular flexibility index (Phi) is 7.61. The number of fused-ring (bicyclic) bond motifs is 3. The van der Waals surface area contributed by atoms with Gasteiger partial charge in [0, 0.05) is 37.4 Å². The maximum absolute atomic E-state index is 14.5. The topological polar surface area (TPSA) is 226 Å². The molecule has 0 bridgehead atoms. The second-order valence-corrected chi connectivity index (χ2v) is 12.8. The lowest BCUT2D eigenvalue weighted by Crippen LogP contribution is -2.85. The maximum Gasteiger partial charge on any atom is 0.235 e.